The van der Waals surface area contributed by atoms with Gasteiger partial charge in [-0.25, -0.2) is 0 Å². The van der Waals surface area contributed by atoms with Crippen LogP contribution in [0.2, 0.25) is 0 Å². The molecule has 0 bridgehead atoms. The molecule has 110 valence electrons. The molecule has 1 saturated heterocycles. The summed E-state index contributed by atoms with van der Waals surface area (Å²) >= 11 is 1.78. The molecule has 0 aliphatic carbocycles. The van der Waals surface area contributed by atoms with Crippen LogP contribution in [0.15, 0.2) is 29.2 Å². The van der Waals surface area contributed by atoms with Gasteiger partial charge < -0.3 is 4.90 Å². The molecule has 1 aliphatic heterocycles. The highest BCUT2D eigenvalue weighted by Crippen LogP contribution is 2.27. The smallest absolute Gasteiger partial charge is 0.254 e. The highest BCUT2D eigenvalue weighted by atomic mass is 32.2. The first kappa shape index (κ1) is 15.4. The van der Waals surface area contributed by atoms with Crippen LogP contribution in [-0.4, -0.2) is 29.1 Å². The lowest BCUT2D eigenvalue weighted by Gasteiger charge is -2.25. The van der Waals surface area contributed by atoms with Gasteiger partial charge in [0.05, 0.1) is 5.56 Å². The van der Waals surface area contributed by atoms with Gasteiger partial charge in [-0.1, -0.05) is 45.2 Å². The molecule has 20 heavy (non-hydrogen) atoms. The predicted octanol–water partition coefficient (Wildman–Crippen LogP) is 4.59. The quantitative estimate of drug-likeness (QED) is 0.759. The molecular weight excluding hydrogens is 266 g/mol. The summed E-state index contributed by atoms with van der Waals surface area (Å²) in [4.78, 5) is 16.0. The first-order chi connectivity index (χ1) is 9.68. The molecule has 3 heteroatoms. The molecule has 1 aromatic carbocycles. The Balaban J connectivity index is 2.14. The molecule has 1 heterocycles. The molecule has 0 spiro atoms. The second-order valence-corrected chi connectivity index (χ2v) is 7.34. The zero-order chi connectivity index (χ0) is 14.4. The Morgan fingerprint density at radius 1 is 1.05 bits per heavy atom. The molecule has 1 aliphatic rings. The van der Waals surface area contributed by atoms with E-state index in [1.165, 1.54) is 19.3 Å². The number of likely N-dealkylation sites (tertiary alicyclic amines) is 1. The minimum absolute atomic E-state index is 0.218. The number of thioether (sulfide) groups is 1. The molecule has 1 amide bonds. The molecule has 0 saturated carbocycles. The number of benzene rings is 1. The van der Waals surface area contributed by atoms with E-state index in [2.05, 4.69) is 24.8 Å². The van der Waals surface area contributed by atoms with E-state index in [-0.39, 0.29) is 5.91 Å². The Kier molecular flexibility index (Phi) is 5.96. The highest BCUT2D eigenvalue weighted by Gasteiger charge is 2.19. The minimum Gasteiger partial charge on any atom is -0.339 e. The van der Waals surface area contributed by atoms with Crippen LogP contribution in [0.3, 0.4) is 0 Å². The van der Waals surface area contributed by atoms with Crippen molar-refractivity contribution in [2.45, 2.75) is 56.1 Å². The van der Waals surface area contributed by atoms with E-state index in [0.717, 1.165) is 36.4 Å². The Morgan fingerprint density at radius 2 is 1.65 bits per heavy atom. The van der Waals surface area contributed by atoms with Crippen LogP contribution in [0, 0.1) is 0 Å². The van der Waals surface area contributed by atoms with Crippen molar-refractivity contribution in [2.75, 3.05) is 13.1 Å². The fourth-order valence-electron chi connectivity index (χ4n) is 2.62. The fraction of sp³-hybridized carbons (Fsp3) is 0.588. The third-order valence-electron chi connectivity index (χ3n) is 3.62. The van der Waals surface area contributed by atoms with Gasteiger partial charge in [-0.3, -0.25) is 4.79 Å². The summed E-state index contributed by atoms with van der Waals surface area (Å²) in [6.07, 6.45) is 6.12. The maximum atomic E-state index is 12.8. The standard InChI is InChI=1S/C17H25NOS/c1-14(2)20-16-11-7-6-10-15(16)17(19)18-12-8-4-3-5-9-13-18/h6-7,10-11,14H,3-5,8-9,12-13H2,1-2H3. The van der Waals surface area contributed by atoms with Crippen LogP contribution in [-0.2, 0) is 0 Å². The lowest BCUT2D eigenvalue weighted by atomic mass is 10.1. The molecule has 0 aromatic heterocycles. The fourth-order valence-corrected chi connectivity index (χ4v) is 3.57. The van der Waals surface area contributed by atoms with Gasteiger partial charge in [-0.15, -0.1) is 11.8 Å². The van der Waals surface area contributed by atoms with Crippen molar-refractivity contribution in [1.82, 2.24) is 4.90 Å². The average Bonchev–Trinajstić information content (AvgIpc) is 2.37. The minimum atomic E-state index is 0.218. The normalized spacial score (nSPS) is 16.9. The Hall–Kier alpha value is -0.960. The van der Waals surface area contributed by atoms with E-state index in [9.17, 15) is 4.79 Å². The molecule has 0 N–H and O–H groups in total. The van der Waals surface area contributed by atoms with Crippen LogP contribution in [0.25, 0.3) is 0 Å². The summed E-state index contributed by atoms with van der Waals surface area (Å²) in [6, 6.07) is 8.05. The SMILES string of the molecule is CC(C)Sc1ccccc1C(=O)N1CCCCCCC1. The molecular formula is C17H25NOS. The summed E-state index contributed by atoms with van der Waals surface area (Å²) < 4.78 is 0. The van der Waals surface area contributed by atoms with Gasteiger partial charge in [-0.05, 0) is 25.0 Å². The number of hydrogen-bond acceptors (Lipinski definition) is 2. The van der Waals surface area contributed by atoms with E-state index in [4.69, 9.17) is 0 Å². The summed E-state index contributed by atoms with van der Waals surface area (Å²) in [7, 11) is 0. The first-order valence-corrected chi connectivity index (χ1v) is 8.61. The number of carbonyl (C=O) groups is 1. The maximum absolute atomic E-state index is 12.8. The first-order valence-electron chi connectivity index (χ1n) is 7.73. The number of carbonyl (C=O) groups excluding carboxylic acids is 1. The van der Waals surface area contributed by atoms with Crippen molar-refractivity contribution in [2.24, 2.45) is 0 Å². The van der Waals surface area contributed by atoms with Gasteiger partial charge in [0, 0.05) is 23.2 Å². The van der Waals surface area contributed by atoms with Crippen molar-refractivity contribution in [3.63, 3.8) is 0 Å². The van der Waals surface area contributed by atoms with Crippen molar-refractivity contribution in [3.8, 4) is 0 Å². The second-order valence-electron chi connectivity index (χ2n) is 5.72. The third kappa shape index (κ3) is 4.27. The van der Waals surface area contributed by atoms with Crippen molar-refractivity contribution >= 4 is 17.7 Å². The lowest BCUT2D eigenvalue weighted by molar-refractivity contribution is 0.0739. The van der Waals surface area contributed by atoms with Crippen LogP contribution < -0.4 is 0 Å². The van der Waals surface area contributed by atoms with Gasteiger partial charge in [0.1, 0.15) is 0 Å². The zero-order valence-electron chi connectivity index (χ0n) is 12.6. The molecule has 1 fully saturated rings. The van der Waals surface area contributed by atoms with Gasteiger partial charge in [0.25, 0.3) is 5.91 Å². The van der Waals surface area contributed by atoms with E-state index < -0.39 is 0 Å². The molecule has 1 aromatic rings. The van der Waals surface area contributed by atoms with Crippen LogP contribution in [0.1, 0.15) is 56.3 Å². The van der Waals surface area contributed by atoms with Crippen molar-refractivity contribution in [3.05, 3.63) is 29.8 Å². The number of hydrogen-bond donors (Lipinski definition) is 0. The van der Waals surface area contributed by atoms with E-state index >= 15 is 0 Å². The maximum Gasteiger partial charge on any atom is 0.254 e. The summed E-state index contributed by atoms with van der Waals surface area (Å²) in [6.45, 7) is 6.17. The van der Waals surface area contributed by atoms with Gasteiger partial charge in [0.15, 0.2) is 0 Å². The largest absolute Gasteiger partial charge is 0.339 e. The van der Waals surface area contributed by atoms with Crippen molar-refractivity contribution in [1.29, 1.82) is 0 Å². The predicted molar refractivity (Wildman–Crippen MR) is 86.4 cm³/mol. The monoisotopic (exact) mass is 291 g/mol. The zero-order valence-corrected chi connectivity index (χ0v) is 13.4. The van der Waals surface area contributed by atoms with Gasteiger partial charge in [-0.2, -0.15) is 0 Å². The summed E-state index contributed by atoms with van der Waals surface area (Å²) in [5, 5.41) is 0.497. The van der Waals surface area contributed by atoms with Crippen LogP contribution in [0.5, 0.6) is 0 Å². The third-order valence-corrected chi connectivity index (χ3v) is 4.70. The molecule has 0 radical (unpaired) electrons. The van der Waals surface area contributed by atoms with E-state index in [1.807, 2.05) is 18.2 Å². The Bertz CT molecular complexity index is 436. The van der Waals surface area contributed by atoms with E-state index in [1.54, 1.807) is 11.8 Å². The van der Waals surface area contributed by atoms with Gasteiger partial charge in [0.2, 0.25) is 0 Å². The lowest BCUT2D eigenvalue weighted by Crippen LogP contribution is -2.34. The molecule has 2 nitrogen and oxygen atoms in total. The topological polar surface area (TPSA) is 20.3 Å². The highest BCUT2D eigenvalue weighted by molar-refractivity contribution is 8.00. The molecule has 2 rings (SSSR count). The van der Waals surface area contributed by atoms with E-state index in [0.29, 0.717) is 5.25 Å². The second kappa shape index (κ2) is 7.72. The number of amides is 1. The average molecular weight is 291 g/mol. The number of rotatable bonds is 3. The Labute approximate surface area is 126 Å². The van der Waals surface area contributed by atoms with Crippen molar-refractivity contribution < 1.29 is 4.79 Å². The molecule has 0 unspecified atom stereocenters. The van der Waals surface area contributed by atoms with Crippen LogP contribution >= 0.6 is 11.8 Å². The van der Waals surface area contributed by atoms with Crippen LogP contribution in [0.4, 0.5) is 0 Å². The summed E-state index contributed by atoms with van der Waals surface area (Å²) in [5.41, 5.74) is 0.881. The number of nitrogens with zero attached hydrogens (tertiary/aromatic N) is 1. The molecule has 0 atom stereocenters. The Morgan fingerprint density at radius 3 is 2.30 bits per heavy atom. The summed E-state index contributed by atoms with van der Waals surface area (Å²) in [5.74, 6) is 0.218. The van der Waals surface area contributed by atoms with Gasteiger partial charge >= 0.3 is 0 Å².